The minimum Gasteiger partial charge on any atom is -0.349 e. The van der Waals surface area contributed by atoms with Crippen molar-refractivity contribution in [1.82, 2.24) is 19.4 Å². The third kappa shape index (κ3) is 4.67. The molecule has 2 aromatic heterocycles. The molecule has 3 heterocycles. The van der Waals surface area contributed by atoms with Crippen LogP contribution in [-0.2, 0) is 0 Å². The quantitative estimate of drug-likeness (QED) is 0.578. The lowest BCUT2D eigenvalue weighted by atomic mass is 9.90. The number of nitrogens with one attached hydrogen (secondary N) is 1. The van der Waals surface area contributed by atoms with Gasteiger partial charge < -0.3 is 5.32 Å². The van der Waals surface area contributed by atoms with Gasteiger partial charge in [0.05, 0.1) is 23.2 Å². The van der Waals surface area contributed by atoms with Crippen LogP contribution in [0, 0.1) is 17.1 Å². The van der Waals surface area contributed by atoms with Crippen molar-refractivity contribution < 1.29 is 9.18 Å². The summed E-state index contributed by atoms with van der Waals surface area (Å²) < 4.78 is 17.0. The number of thioether (sulfide) groups is 1. The molecule has 10 heteroatoms. The number of benzene rings is 1. The molecule has 1 saturated carbocycles. The Bertz CT molecular complexity index is 1450. The smallest absolute Gasteiger partial charge is 0.333 e. The van der Waals surface area contributed by atoms with E-state index in [0.29, 0.717) is 36.8 Å². The second kappa shape index (κ2) is 10.3. The van der Waals surface area contributed by atoms with E-state index in [1.165, 1.54) is 10.6 Å². The minimum absolute atomic E-state index is 0.0749. The van der Waals surface area contributed by atoms with Gasteiger partial charge >= 0.3 is 5.69 Å². The number of carbonyl (C=O) groups excluding carboxylic acids is 1. The summed E-state index contributed by atoms with van der Waals surface area (Å²) >= 11 is 1.83. The average Bonchev–Trinajstić information content (AvgIpc) is 2.91. The number of nitriles is 1. The van der Waals surface area contributed by atoms with Gasteiger partial charge in [-0.25, -0.2) is 14.2 Å². The summed E-state index contributed by atoms with van der Waals surface area (Å²) in [6, 6.07) is 9.16. The van der Waals surface area contributed by atoms with Crippen molar-refractivity contribution in [2.45, 2.75) is 56.7 Å². The predicted molar refractivity (Wildman–Crippen MR) is 136 cm³/mol. The number of amides is 1. The van der Waals surface area contributed by atoms with E-state index < -0.39 is 11.4 Å². The summed E-state index contributed by atoms with van der Waals surface area (Å²) in [5.41, 5.74) is 0.329. The highest BCUT2D eigenvalue weighted by molar-refractivity contribution is 7.99. The topological polar surface area (TPSA) is 110 Å². The molecule has 1 amide bonds. The first-order valence-electron chi connectivity index (χ1n) is 12.2. The second-order valence-electron chi connectivity index (χ2n) is 9.36. The molecule has 0 atom stereocenters. The zero-order valence-corrected chi connectivity index (χ0v) is 20.5. The molecular formula is C26H26FN5O3S. The second-order valence-corrected chi connectivity index (χ2v) is 10.6. The van der Waals surface area contributed by atoms with Gasteiger partial charge in [0.1, 0.15) is 11.5 Å². The van der Waals surface area contributed by atoms with Crippen LogP contribution >= 0.6 is 11.8 Å². The summed E-state index contributed by atoms with van der Waals surface area (Å²) in [4.78, 5) is 43.8. The van der Waals surface area contributed by atoms with Gasteiger partial charge in [-0.15, -0.1) is 0 Å². The molecular weight excluding hydrogens is 481 g/mol. The van der Waals surface area contributed by atoms with E-state index in [1.54, 1.807) is 28.8 Å². The Morgan fingerprint density at radius 1 is 1.03 bits per heavy atom. The highest BCUT2D eigenvalue weighted by atomic mass is 32.2. The Morgan fingerprint density at radius 2 is 1.69 bits per heavy atom. The molecule has 2 fully saturated rings. The molecule has 1 aromatic carbocycles. The first-order valence-corrected chi connectivity index (χ1v) is 13.3. The number of fused-ring (bicyclic) bond motifs is 1. The van der Waals surface area contributed by atoms with Gasteiger partial charge in [-0.3, -0.25) is 18.7 Å². The number of halogens is 1. The molecule has 1 aliphatic carbocycles. The lowest BCUT2D eigenvalue weighted by Gasteiger charge is -2.31. The third-order valence-corrected chi connectivity index (χ3v) is 8.20. The molecule has 0 unspecified atom stereocenters. The molecule has 5 rings (SSSR count). The molecule has 0 spiro atoms. The Labute approximate surface area is 211 Å². The normalized spacial score (nSPS) is 20.7. The van der Waals surface area contributed by atoms with E-state index in [9.17, 15) is 18.8 Å². The van der Waals surface area contributed by atoms with Crippen molar-refractivity contribution in [3.05, 3.63) is 74.3 Å². The Hall–Kier alpha value is -3.45. The van der Waals surface area contributed by atoms with Gasteiger partial charge in [0.25, 0.3) is 11.5 Å². The van der Waals surface area contributed by atoms with Gasteiger partial charge in [0.2, 0.25) is 0 Å². The maximum atomic E-state index is 14.1. The van der Waals surface area contributed by atoms with Gasteiger partial charge in [0, 0.05) is 23.7 Å². The van der Waals surface area contributed by atoms with E-state index in [4.69, 9.17) is 5.26 Å². The number of nitrogens with zero attached hydrogens (tertiary/aromatic N) is 4. The number of aromatic nitrogens is 3. The zero-order chi connectivity index (χ0) is 25.2. The summed E-state index contributed by atoms with van der Waals surface area (Å²) in [5.74, 6) is 1.01. The van der Waals surface area contributed by atoms with Crippen molar-refractivity contribution in [1.29, 1.82) is 5.26 Å². The molecule has 186 valence electrons. The average molecular weight is 508 g/mol. The number of hydrogen-bond acceptors (Lipinski definition) is 6. The van der Waals surface area contributed by atoms with Crippen LogP contribution in [0.1, 0.15) is 66.5 Å². The van der Waals surface area contributed by atoms with Crippen molar-refractivity contribution in [3.8, 4) is 6.07 Å². The van der Waals surface area contributed by atoms with Gasteiger partial charge in [-0.1, -0.05) is 0 Å². The number of pyridine rings is 1. The Balaban J connectivity index is 1.39. The highest BCUT2D eigenvalue weighted by Crippen LogP contribution is 2.30. The molecule has 1 aliphatic heterocycles. The van der Waals surface area contributed by atoms with Crippen LogP contribution in [-0.4, -0.2) is 37.6 Å². The lowest BCUT2D eigenvalue weighted by molar-refractivity contribution is 0.0922. The van der Waals surface area contributed by atoms with Crippen molar-refractivity contribution in [2.75, 3.05) is 11.5 Å². The largest absolute Gasteiger partial charge is 0.349 e. The van der Waals surface area contributed by atoms with Gasteiger partial charge in [-0.05, 0) is 80.4 Å². The summed E-state index contributed by atoms with van der Waals surface area (Å²) in [5, 5.41) is 12.1. The van der Waals surface area contributed by atoms with Crippen LogP contribution in [0.5, 0.6) is 0 Å². The van der Waals surface area contributed by atoms with Crippen LogP contribution in [0.2, 0.25) is 0 Å². The van der Waals surface area contributed by atoms with E-state index in [2.05, 4.69) is 10.3 Å². The molecule has 0 radical (unpaired) electrons. The molecule has 2 aliphatic rings. The van der Waals surface area contributed by atoms with Crippen LogP contribution in [0.3, 0.4) is 0 Å². The number of hydrogen-bond donors (Lipinski definition) is 1. The summed E-state index contributed by atoms with van der Waals surface area (Å²) in [6.45, 7) is 0. The van der Waals surface area contributed by atoms with E-state index in [1.807, 2.05) is 17.8 Å². The highest BCUT2D eigenvalue weighted by Gasteiger charge is 2.29. The van der Waals surface area contributed by atoms with Crippen LogP contribution in [0.15, 0.2) is 46.1 Å². The molecule has 1 saturated heterocycles. The van der Waals surface area contributed by atoms with E-state index in [0.717, 1.165) is 30.5 Å². The first kappa shape index (κ1) is 24.3. The monoisotopic (exact) mass is 507 g/mol. The Kier molecular flexibility index (Phi) is 6.92. The molecule has 1 N–H and O–H groups in total. The predicted octanol–water partition coefficient (Wildman–Crippen LogP) is 3.55. The van der Waals surface area contributed by atoms with Crippen molar-refractivity contribution >= 4 is 28.7 Å². The van der Waals surface area contributed by atoms with Crippen molar-refractivity contribution in [2.24, 2.45) is 0 Å². The maximum Gasteiger partial charge on any atom is 0.333 e. The third-order valence-electron chi connectivity index (χ3n) is 7.15. The zero-order valence-electron chi connectivity index (χ0n) is 19.7. The molecule has 3 aromatic rings. The van der Waals surface area contributed by atoms with Crippen LogP contribution in [0.4, 0.5) is 4.39 Å². The van der Waals surface area contributed by atoms with Gasteiger partial charge in [0.15, 0.2) is 0 Å². The van der Waals surface area contributed by atoms with Crippen molar-refractivity contribution in [3.63, 3.8) is 0 Å². The van der Waals surface area contributed by atoms with Crippen LogP contribution in [0.25, 0.3) is 11.0 Å². The van der Waals surface area contributed by atoms with E-state index >= 15 is 0 Å². The summed E-state index contributed by atoms with van der Waals surface area (Å²) in [6.07, 6.45) is 4.96. The molecule has 36 heavy (non-hydrogen) atoms. The van der Waals surface area contributed by atoms with Crippen LogP contribution < -0.4 is 16.6 Å². The van der Waals surface area contributed by atoms with E-state index in [-0.39, 0.29) is 40.8 Å². The SMILES string of the molecule is N#Cc1ccc(C(=O)NC2CCC(n3c(=O)c4cc(F)cnc4n(C4CCSCC4)c3=O)CC2)cc1. The fourth-order valence-corrected chi connectivity index (χ4v) is 6.32. The molecule has 8 nitrogen and oxygen atoms in total. The first-order chi connectivity index (χ1) is 17.5. The van der Waals surface area contributed by atoms with Gasteiger partial charge in [-0.2, -0.15) is 17.0 Å². The number of rotatable bonds is 4. The minimum atomic E-state index is -0.607. The number of carbonyl (C=O) groups is 1. The Morgan fingerprint density at radius 3 is 2.36 bits per heavy atom. The maximum absolute atomic E-state index is 14.1. The summed E-state index contributed by atoms with van der Waals surface area (Å²) in [7, 11) is 0. The fourth-order valence-electron chi connectivity index (χ4n) is 5.24. The fraction of sp³-hybridized carbons (Fsp3) is 0.423. The lowest BCUT2D eigenvalue weighted by Crippen LogP contribution is -2.46. The molecule has 0 bridgehead atoms. The standard InChI is InChI=1S/C26H26FN5O3S/c27-18-13-22-23(29-15-18)31(21-9-11-36-12-10-21)26(35)32(25(22)34)20-7-5-19(6-8-20)30-24(33)17-3-1-16(14-28)2-4-17/h1-4,13,15,19-21H,5-12H2,(H,30,33).